The summed E-state index contributed by atoms with van der Waals surface area (Å²) in [6.45, 7) is 6.46. The third-order valence-corrected chi connectivity index (χ3v) is 3.80. The zero-order chi connectivity index (χ0) is 12.2. The molecule has 94 valence electrons. The molecule has 2 atom stereocenters. The smallest absolute Gasteiger partial charge is 0.227 e. The van der Waals surface area contributed by atoms with E-state index in [-0.39, 0.29) is 5.91 Å². The molecular weight excluding hydrogens is 200 g/mol. The first-order valence-corrected chi connectivity index (χ1v) is 6.48. The number of carbonyl (C=O) groups is 1. The monoisotopic (exact) mass is 226 g/mol. The van der Waals surface area contributed by atoms with Crippen molar-refractivity contribution in [2.45, 2.75) is 58.9 Å². The Hall–Kier alpha value is -0.570. The zero-order valence-corrected chi connectivity index (χ0v) is 10.9. The number of hydrogen-bond donors (Lipinski definition) is 2. The summed E-state index contributed by atoms with van der Waals surface area (Å²) < 4.78 is 0. The molecule has 0 spiro atoms. The van der Waals surface area contributed by atoms with E-state index in [2.05, 4.69) is 12.2 Å². The molecule has 2 unspecified atom stereocenters. The highest BCUT2D eigenvalue weighted by Gasteiger charge is 2.29. The molecule has 1 fully saturated rings. The highest BCUT2D eigenvalue weighted by atomic mass is 16.2. The van der Waals surface area contributed by atoms with Gasteiger partial charge in [-0.15, -0.1) is 0 Å². The maximum atomic E-state index is 12.0. The van der Waals surface area contributed by atoms with Crippen LogP contribution in [0.5, 0.6) is 0 Å². The summed E-state index contributed by atoms with van der Waals surface area (Å²) in [4.78, 5) is 12.0. The molecule has 3 nitrogen and oxygen atoms in total. The lowest BCUT2D eigenvalue weighted by molar-refractivity contribution is -0.130. The number of nitrogens with two attached hydrogens (primary N) is 1. The van der Waals surface area contributed by atoms with E-state index in [9.17, 15) is 4.79 Å². The molecule has 0 saturated heterocycles. The summed E-state index contributed by atoms with van der Waals surface area (Å²) >= 11 is 0. The lowest BCUT2D eigenvalue weighted by Crippen LogP contribution is -2.48. The Bertz CT molecular complexity index is 238. The summed E-state index contributed by atoms with van der Waals surface area (Å²) in [5.41, 5.74) is 5.18. The highest BCUT2D eigenvalue weighted by Crippen LogP contribution is 2.24. The predicted molar refractivity (Wildman–Crippen MR) is 67.0 cm³/mol. The topological polar surface area (TPSA) is 55.1 Å². The first kappa shape index (κ1) is 13.5. The van der Waals surface area contributed by atoms with Crippen molar-refractivity contribution < 1.29 is 4.79 Å². The van der Waals surface area contributed by atoms with Crippen molar-refractivity contribution in [1.82, 2.24) is 5.32 Å². The fourth-order valence-electron chi connectivity index (χ4n) is 2.16. The number of hydrogen-bond acceptors (Lipinski definition) is 2. The minimum absolute atomic E-state index is 0.105. The second-order valence-corrected chi connectivity index (χ2v) is 5.78. The van der Waals surface area contributed by atoms with Crippen molar-refractivity contribution in [2.24, 2.45) is 17.1 Å². The van der Waals surface area contributed by atoms with Crippen molar-refractivity contribution in [3.63, 3.8) is 0 Å². The largest absolute Gasteiger partial charge is 0.353 e. The van der Waals surface area contributed by atoms with Gasteiger partial charge >= 0.3 is 0 Å². The van der Waals surface area contributed by atoms with Gasteiger partial charge in [0.05, 0.1) is 5.41 Å². The highest BCUT2D eigenvalue weighted by molar-refractivity contribution is 5.82. The average Bonchev–Trinajstić information content (AvgIpc) is 2.44. The summed E-state index contributed by atoms with van der Waals surface area (Å²) in [6, 6.07) is 0.348. The Morgan fingerprint density at radius 2 is 1.94 bits per heavy atom. The number of carbonyl (C=O) groups excluding carboxylic acids is 1. The molecule has 16 heavy (non-hydrogen) atoms. The lowest BCUT2D eigenvalue weighted by Gasteiger charge is -2.28. The van der Waals surface area contributed by atoms with Gasteiger partial charge in [0.2, 0.25) is 5.91 Å². The van der Waals surface area contributed by atoms with Crippen molar-refractivity contribution in [2.75, 3.05) is 6.54 Å². The first-order chi connectivity index (χ1) is 7.47. The van der Waals surface area contributed by atoms with E-state index in [1.54, 1.807) is 0 Å². The minimum Gasteiger partial charge on any atom is -0.353 e. The first-order valence-electron chi connectivity index (χ1n) is 6.48. The second-order valence-electron chi connectivity index (χ2n) is 5.78. The summed E-state index contributed by atoms with van der Waals surface area (Å²) in [5, 5.41) is 3.18. The van der Waals surface area contributed by atoms with Crippen LogP contribution in [0, 0.1) is 11.3 Å². The molecule has 0 aromatic carbocycles. The molecule has 1 aliphatic carbocycles. The number of rotatable bonds is 3. The van der Waals surface area contributed by atoms with Crippen molar-refractivity contribution in [3.05, 3.63) is 0 Å². The van der Waals surface area contributed by atoms with Crippen LogP contribution < -0.4 is 11.1 Å². The molecule has 0 aromatic heterocycles. The second kappa shape index (κ2) is 5.67. The van der Waals surface area contributed by atoms with Gasteiger partial charge in [-0.2, -0.15) is 0 Å². The van der Waals surface area contributed by atoms with Gasteiger partial charge in [-0.3, -0.25) is 4.79 Å². The Balaban J connectivity index is 2.54. The van der Waals surface area contributed by atoms with E-state index >= 15 is 0 Å². The van der Waals surface area contributed by atoms with E-state index in [0.29, 0.717) is 18.5 Å². The van der Waals surface area contributed by atoms with Gasteiger partial charge in [0.25, 0.3) is 0 Å². The van der Waals surface area contributed by atoms with Gasteiger partial charge < -0.3 is 11.1 Å². The van der Waals surface area contributed by atoms with Crippen LogP contribution in [0.2, 0.25) is 0 Å². The molecule has 1 saturated carbocycles. The maximum Gasteiger partial charge on any atom is 0.227 e. The van der Waals surface area contributed by atoms with Gasteiger partial charge in [-0.05, 0) is 32.6 Å². The molecule has 3 heteroatoms. The minimum atomic E-state index is -0.438. The molecule has 1 aliphatic rings. The molecule has 0 aliphatic heterocycles. The SMILES string of the molecule is CC1CCCCCC1NC(=O)C(C)(C)CN. The number of amides is 1. The Morgan fingerprint density at radius 1 is 1.31 bits per heavy atom. The predicted octanol–water partition coefficient (Wildman–Crippen LogP) is 2.06. The van der Waals surface area contributed by atoms with Gasteiger partial charge in [-0.1, -0.05) is 26.2 Å². The fraction of sp³-hybridized carbons (Fsp3) is 0.923. The molecule has 0 bridgehead atoms. The molecule has 0 heterocycles. The standard InChI is InChI=1S/C13H26N2O/c1-10-7-5-4-6-8-11(10)15-12(16)13(2,3)9-14/h10-11H,4-9,14H2,1-3H3,(H,15,16). The van der Waals surface area contributed by atoms with Crippen LogP contribution in [-0.2, 0) is 4.79 Å². The van der Waals surface area contributed by atoms with Gasteiger partial charge in [-0.25, -0.2) is 0 Å². The van der Waals surface area contributed by atoms with E-state index in [1.165, 1.54) is 25.7 Å². The lowest BCUT2D eigenvalue weighted by atomic mass is 9.90. The van der Waals surface area contributed by atoms with Crippen molar-refractivity contribution >= 4 is 5.91 Å². The van der Waals surface area contributed by atoms with Crippen LogP contribution >= 0.6 is 0 Å². The van der Waals surface area contributed by atoms with E-state index in [4.69, 9.17) is 5.73 Å². The van der Waals surface area contributed by atoms with Crippen molar-refractivity contribution in [1.29, 1.82) is 0 Å². The van der Waals surface area contributed by atoms with Crippen LogP contribution in [-0.4, -0.2) is 18.5 Å². The molecule has 1 amide bonds. The Morgan fingerprint density at radius 3 is 2.56 bits per heavy atom. The van der Waals surface area contributed by atoms with Gasteiger partial charge in [0, 0.05) is 12.6 Å². The molecule has 3 N–H and O–H groups in total. The summed E-state index contributed by atoms with van der Waals surface area (Å²) in [5.74, 6) is 0.703. The summed E-state index contributed by atoms with van der Waals surface area (Å²) in [6.07, 6.45) is 6.19. The summed E-state index contributed by atoms with van der Waals surface area (Å²) in [7, 11) is 0. The van der Waals surface area contributed by atoms with E-state index < -0.39 is 5.41 Å². The molecule has 0 aromatic rings. The third kappa shape index (κ3) is 3.48. The molecular formula is C13H26N2O. The normalized spacial score (nSPS) is 27.2. The van der Waals surface area contributed by atoms with Crippen LogP contribution in [0.4, 0.5) is 0 Å². The Labute approximate surface area is 99.2 Å². The third-order valence-electron chi connectivity index (χ3n) is 3.80. The van der Waals surface area contributed by atoms with Gasteiger partial charge in [0.15, 0.2) is 0 Å². The molecule has 1 rings (SSSR count). The zero-order valence-electron chi connectivity index (χ0n) is 10.9. The van der Waals surface area contributed by atoms with Crippen molar-refractivity contribution in [3.8, 4) is 0 Å². The Kier molecular flexibility index (Phi) is 4.78. The van der Waals surface area contributed by atoms with E-state index in [0.717, 1.165) is 6.42 Å². The van der Waals surface area contributed by atoms with Gasteiger partial charge in [0.1, 0.15) is 0 Å². The van der Waals surface area contributed by atoms with E-state index in [1.807, 2.05) is 13.8 Å². The van der Waals surface area contributed by atoms with Crippen LogP contribution in [0.25, 0.3) is 0 Å². The molecule has 0 radical (unpaired) electrons. The maximum absolute atomic E-state index is 12.0. The van der Waals surface area contributed by atoms with Crippen LogP contribution in [0.1, 0.15) is 52.9 Å². The number of nitrogens with one attached hydrogen (secondary N) is 1. The average molecular weight is 226 g/mol. The fourth-order valence-corrected chi connectivity index (χ4v) is 2.16. The quantitative estimate of drug-likeness (QED) is 0.724. The van der Waals surface area contributed by atoms with Crippen LogP contribution in [0.15, 0.2) is 0 Å². The van der Waals surface area contributed by atoms with Crippen LogP contribution in [0.3, 0.4) is 0 Å².